The summed E-state index contributed by atoms with van der Waals surface area (Å²) in [7, 11) is 0. The number of hydrogen-bond acceptors (Lipinski definition) is 5. The predicted octanol–water partition coefficient (Wildman–Crippen LogP) is 3.78. The van der Waals surface area contributed by atoms with Crippen LogP contribution in [0.1, 0.15) is 32.3 Å². The summed E-state index contributed by atoms with van der Waals surface area (Å²) in [6.45, 7) is 8.30. The highest BCUT2D eigenvalue weighted by atomic mass is 127. The van der Waals surface area contributed by atoms with E-state index in [2.05, 4.69) is 27.1 Å². The van der Waals surface area contributed by atoms with E-state index in [4.69, 9.17) is 15.2 Å². The number of benzene rings is 1. The number of nitrogens with zero attached hydrogens (tertiary/aromatic N) is 3. The van der Waals surface area contributed by atoms with Gasteiger partial charge in [-0.05, 0) is 50.6 Å². The monoisotopic (exact) mass is 525 g/mol. The van der Waals surface area contributed by atoms with Crippen LogP contribution in [-0.2, 0) is 6.54 Å². The number of para-hydroxylation sites is 2. The molecule has 1 aromatic carbocycles. The number of likely N-dealkylation sites (N-methyl/N-ethyl adjacent to an activating group) is 1. The van der Waals surface area contributed by atoms with E-state index in [1.165, 1.54) is 19.4 Å². The molecular formula is C22H32IN5O2. The highest BCUT2D eigenvalue weighted by molar-refractivity contribution is 14.0. The third-order valence-electron chi connectivity index (χ3n) is 5.02. The van der Waals surface area contributed by atoms with Crippen molar-refractivity contribution in [2.24, 2.45) is 10.7 Å². The first-order valence-electron chi connectivity index (χ1n) is 10.3. The van der Waals surface area contributed by atoms with Crippen LogP contribution in [0.2, 0.25) is 0 Å². The van der Waals surface area contributed by atoms with Crippen LogP contribution in [0.25, 0.3) is 0 Å². The molecule has 1 atom stereocenters. The Morgan fingerprint density at radius 3 is 2.73 bits per heavy atom. The van der Waals surface area contributed by atoms with E-state index in [-0.39, 0.29) is 24.0 Å². The lowest BCUT2D eigenvalue weighted by Crippen LogP contribution is -2.42. The molecule has 2 aromatic rings. The van der Waals surface area contributed by atoms with E-state index in [1.54, 1.807) is 6.20 Å². The Labute approximate surface area is 196 Å². The molecular weight excluding hydrogens is 493 g/mol. The lowest BCUT2D eigenvalue weighted by Gasteiger charge is -2.23. The minimum atomic E-state index is 0. The molecule has 0 aliphatic carbocycles. The van der Waals surface area contributed by atoms with Crippen molar-refractivity contribution < 1.29 is 9.47 Å². The zero-order valence-electron chi connectivity index (χ0n) is 17.7. The van der Waals surface area contributed by atoms with Crippen LogP contribution in [0.4, 0.5) is 0 Å². The number of aromatic nitrogens is 1. The maximum atomic E-state index is 6.03. The van der Waals surface area contributed by atoms with Gasteiger partial charge in [0.2, 0.25) is 5.88 Å². The van der Waals surface area contributed by atoms with Crippen molar-refractivity contribution in [3.8, 4) is 17.4 Å². The first-order chi connectivity index (χ1) is 14.2. The minimum absolute atomic E-state index is 0. The van der Waals surface area contributed by atoms with Gasteiger partial charge in [-0.3, -0.25) is 4.90 Å². The van der Waals surface area contributed by atoms with Gasteiger partial charge in [-0.25, -0.2) is 9.98 Å². The zero-order valence-corrected chi connectivity index (χ0v) is 20.0. The predicted molar refractivity (Wildman–Crippen MR) is 131 cm³/mol. The molecule has 1 fully saturated rings. The second-order valence-electron chi connectivity index (χ2n) is 6.99. The molecule has 3 rings (SSSR count). The fourth-order valence-electron chi connectivity index (χ4n) is 3.48. The van der Waals surface area contributed by atoms with Crippen LogP contribution in [-0.4, -0.2) is 48.1 Å². The number of pyridine rings is 1. The first kappa shape index (κ1) is 24.2. The molecule has 0 saturated carbocycles. The highest BCUT2D eigenvalue weighted by Crippen LogP contribution is 2.30. The molecule has 1 aliphatic heterocycles. The summed E-state index contributed by atoms with van der Waals surface area (Å²) < 4.78 is 11.4. The van der Waals surface area contributed by atoms with Crippen molar-refractivity contribution in [2.75, 3.05) is 26.2 Å². The number of guanidine groups is 1. The van der Waals surface area contributed by atoms with Crippen LogP contribution < -0.4 is 20.5 Å². The van der Waals surface area contributed by atoms with Gasteiger partial charge in [0, 0.05) is 24.8 Å². The van der Waals surface area contributed by atoms with Crippen molar-refractivity contribution in [1.29, 1.82) is 0 Å². The molecule has 1 unspecified atom stereocenters. The Bertz CT molecular complexity index is 800. The van der Waals surface area contributed by atoms with Gasteiger partial charge in [0.1, 0.15) is 0 Å². The third-order valence-corrected chi connectivity index (χ3v) is 5.02. The molecule has 0 amide bonds. The SMILES string of the molecule is CCOc1ccccc1Oc1ccc(CN=C(N)NCC2CCCN2CC)cn1.I. The van der Waals surface area contributed by atoms with Crippen LogP contribution in [0.3, 0.4) is 0 Å². The lowest BCUT2D eigenvalue weighted by molar-refractivity contribution is 0.267. The van der Waals surface area contributed by atoms with E-state index in [1.807, 2.05) is 43.3 Å². The van der Waals surface area contributed by atoms with Gasteiger partial charge in [-0.1, -0.05) is 25.1 Å². The van der Waals surface area contributed by atoms with E-state index in [0.717, 1.165) is 18.7 Å². The van der Waals surface area contributed by atoms with E-state index >= 15 is 0 Å². The molecule has 1 saturated heterocycles. The normalized spacial score (nSPS) is 16.7. The van der Waals surface area contributed by atoms with Crippen molar-refractivity contribution in [3.63, 3.8) is 0 Å². The molecule has 1 aromatic heterocycles. The maximum absolute atomic E-state index is 6.03. The Balaban J connectivity index is 0.00000320. The molecule has 2 heterocycles. The number of rotatable bonds is 9. The van der Waals surface area contributed by atoms with Crippen molar-refractivity contribution in [1.82, 2.24) is 15.2 Å². The van der Waals surface area contributed by atoms with Gasteiger partial charge in [-0.15, -0.1) is 24.0 Å². The fourth-order valence-corrected chi connectivity index (χ4v) is 3.48. The number of nitrogens with two attached hydrogens (primary N) is 1. The summed E-state index contributed by atoms with van der Waals surface area (Å²) in [5.41, 5.74) is 6.99. The Kier molecular flexibility index (Phi) is 10.2. The lowest BCUT2D eigenvalue weighted by atomic mass is 10.2. The van der Waals surface area contributed by atoms with Gasteiger partial charge >= 0.3 is 0 Å². The molecule has 0 radical (unpaired) electrons. The summed E-state index contributed by atoms with van der Waals surface area (Å²) in [4.78, 5) is 11.3. The number of ether oxygens (including phenoxy) is 2. The number of halogens is 1. The largest absolute Gasteiger partial charge is 0.490 e. The standard InChI is InChI=1S/C22H31N5O2.HI/c1-3-27-13-7-8-18(27)16-26-22(23)25-15-17-11-12-21(24-14-17)29-20-10-6-5-9-19(20)28-4-2;/h5-6,9-12,14,18H,3-4,7-8,13,15-16H2,1-2H3,(H3,23,25,26);1H. The Morgan fingerprint density at radius 2 is 2.03 bits per heavy atom. The smallest absolute Gasteiger partial charge is 0.219 e. The Morgan fingerprint density at radius 1 is 1.23 bits per heavy atom. The van der Waals surface area contributed by atoms with Crippen LogP contribution in [0, 0.1) is 0 Å². The summed E-state index contributed by atoms with van der Waals surface area (Å²) >= 11 is 0. The molecule has 8 heteroatoms. The molecule has 0 bridgehead atoms. The number of likely N-dealkylation sites (tertiary alicyclic amines) is 1. The molecule has 164 valence electrons. The van der Waals surface area contributed by atoms with Gasteiger partial charge in [0.05, 0.1) is 13.2 Å². The third kappa shape index (κ3) is 7.02. The van der Waals surface area contributed by atoms with Gasteiger partial charge in [0.15, 0.2) is 17.5 Å². The van der Waals surface area contributed by atoms with Crippen molar-refractivity contribution in [3.05, 3.63) is 48.2 Å². The summed E-state index contributed by atoms with van der Waals surface area (Å²) in [5.74, 6) is 2.33. The van der Waals surface area contributed by atoms with E-state index in [9.17, 15) is 0 Å². The van der Waals surface area contributed by atoms with Crippen LogP contribution in [0.15, 0.2) is 47.6 Å². The summed E-state index contributed by atoms with van der Waals surface area (Å²) in [6, 6.07) is 11.9. The number of nitrogens with one attached hydrogen (secondary N) is 1. The Hall–Kier alpha value is -2.07. The topological polar surface area (TPSA) is 85.0 Å². The van der Waals surface area contributed by atoms with Gasteiger partial charge in [-0.2, -0.15) is 0 Å². The maximum Gasteiger partial charge on any atom is 0.219 e. The molecule has 30 heavy (non-hydrogen) atoms. The molecule has 0 spiro atoms. The highest BCUT2D eigenvalue weighted by Gasteiger charge is 2.22. The molecule has 1 aliphatic rings. The second-order valence-corrected chi connectivity index (χ2v) is 6.99. The molecule has 3 N–H and O–H groups in total. The van der Waals surface area contributed by atoms with Crippen LogP contribution >= 0.6 is 24.0 Å². The van der Waals surface area contributed by atoms with Crippen LogP contribution in [0.5, 0.6) is 17.4 Å². The van der Waals surface area contributed by atoms with Crippen molar-refractivity contribution >= 4 is 29.9 Å². The second kappa shape index (κ2) is 12.6. The van der Waals surface area contributed by atoms with Crippen molar-refractivity contribution in [2.45, 2.75) is 39.3 Å². The molecule has 7 nitrogen and oxygen atoms in total. The van der Waals surface area contributed by atoms with E-state index in [0.29, 0.717) is 42.5 Å². The number of aliphatic imine (C=N–C) groups is 1. The summed E-state index contributed by atoms with van der Waals surface area (Å²) in [6.07, 6.45) is 4.23. The quantitative estimate of drug-likeness (QED) is 0.295. The average Bonchev–Trinajstić information content (AvgIpc) is 3.21. The zero-order chi connectivity index (χ0) is 20.5. The number of hydrogen-bond donors (Lipinski definition) is 2. The van der Waals surface area contributed by atoms with Gasteiger partial charge in [0.25, 0.3) is 0 Å². The summed E-state index contributed by atoms with van der Waals surface area (Å²) in [5, 5.41) is 3.25. The average molecular weight is 525 g/mol. The minimum Gasteiger partial charge on any atom is -0.490 e. The first-order valence-corrected chi connectivity index (χ1v) is 10.3. The van der Waals surface area contributed by atoms with E-state index < -0.39 is 0 Å². The fraction of sp³-hybridized carbons (Fsp3) is 0.455. The van der Waals surface area contributed by atoms with Gasteiger partial charge < -0.3 is 20.5 Å².